The highest BCUT2D eigenvalue weighted by molar-refractivity contribution is 5.59. The van der Waals surface area contributed by atoms with Crippen molar-refractivity contribution in [3.8, 4) is 11.3 Å². The molecule has 1 N–H and O–H groups in total. The van der Waals surface area contributed by atoms with Crippen LogP contribution in [0.2, 0.25) is 0 Å². The van der Waals surface area contributed by atoms with Gasteiger partial charge in [-0.05, 0) is 35.1 Å². The molecular weight excluding hydrogens is 194 g/mol. The van der Waals surface area contributed by atoms with E-state index in [1.807, 2.05) is 12.3 Å². The Labute approximate surface area is 97.5 Å². The fraction of sp³-hybridized carbons (Fsp3) is 0.333. The highest BCUT2D eigenvalue weighted by atomic mass is 14.7. The summed E-state index contributed by atoms with van der Waals surface area (Å²) in [4.78, 5) is 3.22. The molecule has 0 unspecified atom stereocenters. The van der Waals surface area contributed by atoms with E-state index in [-0.39, 0.29) is 0 Å². The largest absolute Gasteiger partial charge is 0.361 e. The predicted octanol–water partition coefficient (Wildman–Crippen LogP) is 4.27. The van der Waals surface area contributed by atoms with Gasteiger partial charge in [0, 0.05) is 11.9 Å². The lowest BCUT2D eigenvalue weighted by Gasteiger charge is -2.18. The van der Waals surface area contributed by atoms with Crippen LogP contribution in [-0.4, -0.2) is 4.98 Å². The van der Waals surface area contributed by atoms with Gasteiger partial charge in [-0.15, -0.1) is 0 Å². The number of rotatable bonds is 2. The quantitative estimate of drug-likeness (QED) is 0.766. The lowest BCUT2D eigenvalue weighted by Crippen LogP contribution is -2.08. The van der Waals surface area contributed by atoms with Crippen LogP contribution in [0.5, 0.6) is 0 Å². The molecule has 0 amide bonds. The molecule has 0 radical (unpaired) electrons. The maximum Gasteiger partial charge on any atom is 0.0453 e. The van der Waals surface area contributed by atoms with E-state index in [4.69, 9.17) is 0 Å². The second-order valence-electron chi connectivity index (χ2n) is 5.52. The second-order valence-corrected chi connectivity index (χ2v) is 5.52. The third kappa shape index (κ3) is 2.75. The molecule has 0 bridgehead atoms. The molecule has 0 saturated carbocycles. The molecule has 0 spiro atoms. The number of aromatic amines is 1. The van der Waals surface area contributed by atoms with Gasteiger partial charge in [-0.2, -0.15) is 0 Å². The Morgan fingerprint density at radius 3 is 2.19 bits per heavy atom. The van der Waals surface area contributed by atoms with Crippen molar-refractivity contribution in [2.75, 3.05) is 0 Å². The summed E-state index contributed by atoms with van der Waals surface area (Å²) in [7, 11) is 0. The van der Waals surface area contributed by atoms with Gasteiger partial charge in [0.1, 0.15) is 0 Å². The highest BCUT2D eigenvalue weighted by Gasteiger charge is 2.10. The zero-order chi connectivity index (χ0) is 11.6. The number of H-pyrrole nitrogens is 1. The molecule has 1 aromatic carbocycles. The number of benzene rings is 1. The summed E-state index contributed by atoms with van der Waals surface area (Å²) in [6.07, 6.45) is 3.08. The van der Waals surface area contributed by atoms with Crippen molar-refractivity contribution < 1.29 is 0 Å². The normalized spacial score (nSPS) is 11.7. The van der Waals surface area contributed by atoms with Crippen molar-refractivity contribution in [3.05, 3.63) is 48.2 Å². The summed E-state index contributed by atoms with van der Waals surface area (Å²) >= 11 is 0. The first-order valence-corrected chi connectivity index (χ1v) is 5.77. The minimum Gasteiger partial charge on any atom is -0.361 e. The van der Waals surface area contributed by atoms with E-state index in [0.29, 0.717) is 5.41 Å². The van der Waals surface area contributed by atoms with Gasteiger partial charge in [-0.3, -0.25) is 0 Å². The summed E-state index contributed by atoms with van der Waals surface area (Å²) in [5, 5.41) is 0. The van der Waals surface area contributed by atoms with Crippen LogP contribution in [0.1, 0.15) is 26.3 Å². The average Bonchev–Trinajstić information content (AvgIpc) is 2.69. The minimum absolute atomic E-state index is 0.355. The standard InChI is InChI=1S/C15H19N/c1-15(2,3)11-12-6-8-13(9-7-12)14-5-4-10-16-14/h4-10,16H,11H2,1-3H3. The fourth-order valence-electron chi connectivity index (χ4n) is 1.92. The van der Waals surface area contributed by atoms with Crippen molar-refractivity contribution in [2.45, 2.75) is 27.2 Å². The predicted molar refractivity (Wildman–Crippen MR) is 69.4 cm³/mol. The van der Waals surface area contributed by atoms with Crippen molar-refractivity contribution in [1.82, 2.24) is 4.98 Å². The van der Waals surface area contributed by atoms with Crippen LogP contribution in [0.3, 0.4) is 0 Å². The molecule has 0 fully saturated rings. The van der Waals surface area contributed by atoms with E-state index < -0.39 is 0 Å². The van der Waals surface area contributed by atoms with Crippen LogP contribution in [0.4, 0.5) is 0 Å². The molecule has 16 heavy (non-hydrogen) atoms. The molecule has 0 atom stereocenters. The molecule has 2 rings (SSSR count). The molecule has 1 nitrogen and oxygen atoms in total. The SMILES string of the molecule is CC(C)(C)Cc1ccc(-c2ccc[nH]2)cc1. The first-order valence-electron chi connectivity index (χ1n) is 5.77. The topological polar surface area (TPSA) is 15.8 Å². The summed E-state index contributed by atoms with van der Waals surface area (Å²) < 4.78 is 0. The van der Waals surface area contributed by atoms with E-state index in [9.17, 15) is 0 Å². The molecule has 0 aliphatic carbocycles. The maximum atomic E-state index is 3.22. The summed E-state index contributed by atoms with van der Waals surface area (Å²) in [5.41, 5.74) is 4.20. The Morgan fingerprint density at radius 2 is 1.69 bits per heavy atom. The molecule has 2 aromatic rings. The van der Waals surface area contributed by atoms with Crippen LogP contribution < -0.4 is 0 Å². The van der Waals surface area contributed by atoms with Crippen molar-refractivity contribution in [2.24, 2.45) is 5.41 Å². The van der Waals surface area contributed by atoms with Crippen molar-refractivity contribution in [3.63, 3.8) is 0 Å². The smallest absolute Gasteiger partial charge is 0.0453 e. The van der Waals surface area contributed by atoms with Crippen molar-refractivity contribution >= 4 is 0 Å². The third-order valence-corrected chi connectivity index (χ3v) is 2.60. The molecule has 1 heterocycles. The molecular formula is C15H19N. The van der Waals surface area contributed by atoms with Gasteiger partial charge in [-0.25, -0.2) is 0 Å². The highest BCUT2D eigenvalue weighted by Crippen LogP contribution is 2.23. The second kappa shape index (κ2) is 4.17. The number of nitrogens with one attached hydrogen (secondary N) is 1. The Hall–Kier alpha value is -1.50. The molecule has 0 aliphatic heterocycles. The van der Waals surface area contributed by atoms with Gasteiger partial charge in [0.25, 0.3) is 0 Å². The Morgan fingerprint density at radius 1 is 1.00 bits per heavy atom. The first-order chi connectivity index (χ1) is 7.54. The van der Waals surface area contributed by atoms with Crippen LogP contribution in [-0.2, 0) is 6.42 Å². The Balaban J connectivity index is 2.17. The zero-order valence-electron chi connectivity index (χ0n) is 10.2. The van der Waals surface area contributed by atoms with E-state index in [1.165, 1.54) is 16.8 Å². The Kier molecular flexibility index (Phi) is 2.86. The lowest BCUT2D eigenvalue weighted by molar-refractivity contribution is 0.411. The number of aromatic nitrogens is 1. The van der Waals surface area contributed by atoms with Gasteiger partial charge in [0.2, 0.25) is 0 Å². The third-order valence-electron chi connectivity index (χ3n) is 2.60. The van der Waals surface area contributed by atoms with Crippen LogP contribution >= 0.6 is 0 Å². The summed E-state index contributed by atoms with van der Waals surface area (Å²) in [6.45, 7) is 6.81. The van der Waals surface area contributed by atoms with Crippen LogP contribution in [0.15, 0.2) is 42.6 Å². The van der Waals surface area contributed by atoms with Crippen LogP contribution in [0, 0.1) is 5.41 Å². The van der Waals surface area contributed by atoms with E-state index >= 15 is 0 Å². The average molecular weight is 213 g/mol. The zero-order valence-corrected chi connectivity index (χ0v) is 10.2. The van der Waals surface area contributed by atoms with E-state index in [0.717, 1.165) is 6.42 Å². The van der Waals surface area contributed by atoms with E-state index in [1.54, 1.807) is 0 Å². The Bertz CT molecular complexity index is 429. The number of hydrogen-bond acceptors (Lipinski definition) is 0. The number of hydrogen-bond donors (Lipinski definition) is 1. The molecule has 0 saturated heterocycles. The fourth-order valence-corrected chi connectivity index (χ4v) is 1.92. The van der Waals surface area contributed by atoms with Gasteiger partial charge in [0.15, 0.2) is 0 Å². The summed E-state index contributed by atoms with van der Waals surface area (Å²) in [6, 6.07) is 12.9. The first kappa shape index (κ1) is 11.0. The molecule has 0 aliphatic rings. The van der Waals surface area contributed by atoms with Crippen molar-refractivity contribution in [1.29, 1.82) is 0 Å². The van der Waals surface area contributed by atoms with Crippen LogP contribution in [0.25, 0.3) is 11.3 Å². The minimum atomic E-state index is 0.355. The lowest BCUT2D eigenvalue weighted by atomic mass is 9.88. The van der Waals surface area contributed by atoms with Gasteiger partial charge in [0.05, 0.1) is 0 Å². The van der Waals surface area contributed by atoms with Gasteiger partial charge >= 0.3 is 0 Å². The summed E-state index contributed by atoms with van der Waals surface area (Å²) in [5.74, 6) is 0. The monoisotopic (exact) mass is 213 g/mol. The molecule has 1 heteroatoms. The van der Waals surface area contributed by atoms with Gasteiger partial charge < -0.3 is 4.98 Å². The maximum absolute atomic E-state index is 3.22. The van der Waals surface area contributed by atoms with E-state index in [2.05, 4.69) is 56.1 Å². The van der Waals surface area contributed by atoms with Gasteiger partial charge in [-0.1, -0.05) is 45.0 Å². The molecule has 1 aromatic heterocycles. The molecule has 84 valence electrons.